The number of aliphatic hydroxyl groups is 1. The van der Waals surface area contributed by atoms with Crippen LogP contribution in [0.25, 0.3) is 5.76 Å². The summed E-state index contributed by atoms with van der Waals surface area (Å²) in [7, 11) is 6.97. The van der Waals surface area contributed by atoms with Gasteiger partial charge in [0.05, 0.1) is 25.8 Å². The Morgan fingerprint density at radius 2 is 1.76 bits per heavy atom. The number of rotatable bonds is 7. The second-order valence-electron chi connectivity index (χ2n) is 9.74. The number of carbonyl (C=O) groups excluding carboxylic acids is 2. The fourth-order valence-electron chi connectivity index (χ4n) is 4.17. The summed E-state index contributed by atoms with van der Waals surface area (Å²) in [6, 6.07) is 11.8. The zero-order chi connectivity index (χ0) is 25.2. The molecule has 34 heavy (non-hydrogen) atoms. The number of Topliss-reactive ketones (excluding diaryl/α,β-unsaturated/α-hetero) is 1. The molecule has 1 atom stereocenters. The molecule has 1 N–H and O–H groups in total. The lowest BCUT2D eigenvalue weighted by molar-refractivity contribution is -0.140. The van der Waals surface area contributed by atoms with Crippen LogP contribution < -0.4 is 9.47 Å². The van der Waals surface area contributed by atoms with Crippen LogP contribution >= 0.6 is 0 Å². The first-order valence-corrected chi connectivity index (χ1v) is 11.3. The Morgan fingerprint density at radius 3 is 2.35 bits per heavy atom. The molecule has 0 aromatic heterocycles. The number of likely N-dealkylation sites (N-methyl/N-ethyl adjacent to an activating group) is 1. The van der Waals surface area contributed by atoms with Crippen LogP contribution in [0.2, 0.25) is 0 Å². The lowest BCUT2D eigenvalue weighted by Gasteiger charge is -2.27. The summed E-state index contributed by atoms with van der Waals surface area (Å²) >= 11 is 0. The van der Waals surface area contributed by atoms with Gasteiger partial charge in [0.15, 0.2) is 0 Å². The zero-order valence-corrected chi connectivity index (χ0v) is 21.0. The van der Waals surface area contributed by atoms with Crippen LogP contribution in [0, 0.1) is 0 Å². The number of nitrogens with zero attached hydrogens (tertiary/aromatic N) is 2. The van der Waals surface area contributed by atoms with E-state index < -0.39 is 17.7 Å². The summed E-state index contributed by atoms with van der Waals surface area (Å²) in [5.74, 6) is -0.223. The average Bonchev–Trinajstić information content (AvgIpc) is 3.06. The van der Waals surface area contributed by atoms with Crippen LogP contribution in [0.15, 0.2) is 48.0 Å². The van der Waals surface area contributed by atoms with E-state index >= 15 is 0 Å². The number of aliphatic hydroxyl groups excluding tert-OH is 1. The van der Waals surface area contributed by atoms with E-state index in [1.165, 1.54) is 4.90 Å². The summed E-state index contributed by atoms with van der Waals surface area (Å²) in [4.78, 5) is 29.8. The Bertz CT molecular complexity index is 1110. The zero-order valence-electron chi connectivity index (χ0n) is 21.0. The van der Waals surface area contributed by atoms with Gasteiger partial charge in [0.25, 0.3) is 11.7 Å². The van der Waals surface area contributed by atoms with Crippen molar-refractivity contribution in [2.24, 2.45) is 0 Å². The highest BCUT2D eigenvalue weighted by Crippen LogP contribution is 2.41. The Balaban J connectivity index is 2.22. The Hall–Kier alpha value is -3.32. The molecular formula is C27H34N2O5. The van der Waals surface area contributed by atoms with Crippen molar-refractivity contribution in [1.29, 1.82) is 0 Å². The van der Waals surface area contributed by atoms with E-state index in [1.807, 2.05) is 58.0 Å². The minimum atomic E-state index is -0.727. The summed E-state index contributed by atoms with van der Waals surface area (Å²) < 4.78 is 10.9. The highest BCUT2D eigenvalue weighted by atomic mass is 16.5. The number of carbonyl (C=O) groups is 2. The number of hydrogen-bond donors (Lipinski definition) is 1. The topological polar surface area (TPSA) is 79.3 Å². The van der Waals surface area contributed by atoms with E-state index in [1.54, 1.807) is 38.5 Å². The van der Waals surface area contributed by atoms with Gasteiger partial charge in [-0.1, -0.05) is 32.9 Å². The fraction of sp³-hybridized carbons (Fsp3) is 0.407. The van der Waals surface area contributed by atoms with Gasteiger partial charge in [0.2, 0.25) is 0 Å². The van der Waals surface area contributed by atoms with Crippen molar-refractivity contribution >= 4 is 17.4 Å². The van der Waals surface area contributed by atoms with Crippen molar-refractivity contribution in [2.45, 2.75) is 32.2 Å². The third-order valence-electron chi connectivity index (χ3n) is 6.02. The Labute approximate surface area is 201 Å². The lowest BCUT2D eigenvalue weighted by atomic mass is 9.84. The molecule has 0 aliphatic carbocycles. The second-order valence-corrected chi connectivity index (χ2v) is 9.74. The maximum absolute atomic E-state index is 13.2. The molecule has 7 nitrogen and oxygen atoms in total. The van der Waals surface area contributed by atoms with Gasteiger partial charge in [-0.3, -0.25) is 9.59 Å². The summed E-state index contributed by atoms with van der Waals surface area (Å²) in [6.07, 6.45) is 0. The molecule has 182 valence electrons. The van der Waals surface area contributed by atoms with Crippen LogP contribution in [-0.4, -0.2) is 68.0 Å². The molecule has 1 unspecified atom stereocenters. The van der Waals surface area contributed by atoms with Gasteiger partial charge in [-0.05, 0) is 55.4 Å². The highest BCUT2D eigenvalue weighted by Gasteiger charge is 2.46. The second kappa shape index (κ2) is 9.89. The molecule has 0 radical (unpaired) electrons. The summed E-state index contributed by atoms with van der Waals surface area (Å²) in [6.45, 7) is 7.05. The van der Waals surface area contributed by atoms with Gasteiger partial charge < -0.3 is 24.4 Å². The van der Waals surface area contributed by atoms with Crippen molar-refractivity contribution in [3.8, 4) is 11.5 Å². The molecule has 1 aliphatic rings. The van der Waals surface area contributed by atoms with Crippen molar-refractivity contribution in [3.05, 3.63) is 64.7 Å². The number of amides is 1. The largest absolute Gasteiger partial charge is 0.507 e. The predicted molar refractivity (Wildman–Crippen MR) is 132 cm³/mol. The third-order valence-corrected chi connectivity index (χ3v) is 6.02. The molecule has 3 rings (SSSR count). The molecule has 1 fully saturated rings. The number of hydrogen-bond acceptors (Lipinski definition) is 6. The van der Waals surface area contributed by atoms with E-state index in [2.05, 4.69) is 0 Å². The van der Waals surface area contributed by atoms with E-state index in [9.17, 15) is 14.7 Å². The van der Waals surface area contributed by atoms with Gasteiger partial charge in [-0.2, -0.15) is 0 Å². The Kier molecular flexibility index (Phi) is 7.36. The van der Waals surface area contributed by atoms with Crippen molar-refractivity contribution < 1.29 is 24.2 Å². The Morgan fingerprint density at radius 1 is 1.06 bits per heavy atom. The van der Waals surface area contributed by atoms with Gasteiger partial charge >= 0.3 is 0 Å². The van der Waals surface area contributed by atoms with Gasteiger partial charge in [0, 0.05) is 24.2 Å². The molecule has 1 amide bonds. The molecular weight excluding hydrogens is 432 g/mol. The number of likely N-dealkylation sites (tertiary alicyclic amines) is 1. The summed E-state index contributed by atoms with van der Waals surface area (Å²) in [5.41, 5.74) is 1.86. The van der Waals surface area contributed by atoms with Gasteiger partial charge in [0.1, 0.15) is 17.3 Å². The van der Waals surface area contributed by atoms with Crippen LogP contribution in [-0.2, 0) is 15.0 Å². The number of ketones is 1. The van der Waals surface area contributed by atoms with Crippen LogP contribution in [0.4, 0.5) is 0 Å². The average molecular weight is 467 g/mol. The van der Waals surface area contributed by atoms with Gasteiger partial charge in [-0.15, -0.1) is 0 Å². The molecule has 0 bridgehead atoms. The fourth-order valence-corrected chi connectivity index (χ4v) is 4.17. The number of benzene rings is 2. The van der Waals surface area contributed by atoms with E-state index in [0.717, 1.165) is 5.56 Å². The first kappa shape index (κ1) is 25.3. The van der Waals surface area contributed by atoms with Crippen LogP contribution in [0.3, 0.4) is 0 Å². The lowest BCUT2D eigenvalue weighted by Crippen LogP contribution is -2.35. The van der Waals surface area contributed by atoms with Crippen molar-refractivity contribution in [3.63, 3.8) is 0 Å². The van der Waals surface area contributed by atoms with E-state index in [-0.39, 0.29) is 16.7 Å². The van der Waals surface area contributed by atoms with Crippen LogP contribution in [0.1, 0.15) is 43.5 Å². The molecule has 2 aromatic carbocycles. The molecule has 0 saturated carbocycles. The predicted octanol–water partition coefficient (Wildman–Crippen LogP) is 3.98. The quantitative estimate of drug-likeness (QED) is 0.378. The first-order valence-electron chi connectivity index (χ1n) is 11.3. The molecule has 0 spiro atoms. The van der Waals surface area contributed by atoms with E-state index in [0.29, 0.717) is 35.7 Å². The molecule has 1 saturated heterocycles. The van der Waals surface area contributed by atoms with Crippen molar-refractivity contribution in [2.75, 3.05) is 41.4 Å². The monoisotopic (exact) mass is 466 g/mol. The first-order chi connectivity index (χ1) is 16.0. The maximum Gasteiger partial charge on any atom is 0.295 e. The SMILES string of the molecule is COc1cccc(C2/C(=C(/O)c3ccc(OC)c(C(C)(C)C)c3)C(=O)C(=O)N2CCN(C)C)c1. The minimum absolute atomic E-state index is 0.0713. The number of methoxy groups -OCH3 is 2. The van der Waals surface area contributed by atoms with E-state index in [4.69, 9.17) is 9.47 Å². The molecule has 1 heterocycles. The van der Waals surface area contributed by atoms with Crippen molar-refractivity contribution in [1.82, 2.24) is 9.80 Å². The third kappa shape index (κ3) is 4.94. The standard InChI is InChI=1S/C27H34N2O5/c1-27(2,3)20-16-18(11-12-21(20)34-7)24(30)22-23(17-9-8-10-19(15-17)33-6)29(14-13-28(4)5)26(32)25(22)31/h8-12,15-16,23,30H,13-14H2,1-7H3/b24-22-. The summed E-state index contributed by atoms with van der Waals surface area (Å²) in [5, 5.41) is 11.4. The smallest absolute Gasteiger partial charge is 0.295 e. The maximum atomic E-state index is 13.2. The minimum Gasteiger partial charge on any atom is -0.507 e. The van der Waals surface area contributed by atoms with Gasteiger partial charge in [-0.25, -0.2) is 0 Å². The molecule has 7 heteroatoms. The highest BCUT2D eigenvalue weighted by molar-refractivity contribution is 6.46. The molecule has 2 aromatic rings. The number of ether oxygens (including phenoxy) is 2. The normalized spacial score (nSPS) is 18.0. The van der Waals surface area contributed by atoms with Crippen LogP contribution in [0.5, 0.6) is 11.5 Å². The molecule has 1 aliphatic heterocycles.